The van der Waals surface area contributed by atoms with E-state index in [1.54, 1.807) is 31.2 Å². The van der Waals surface area contributed by atoms with E-state index in [4.69, 9.17) is 14.4 Å². The van der Waals surface area contributed by atoms with Crippen LogP contribution in [0.4, 0.5) is 0 Å². The van der Waals surface area contributed by atoms with Gasteiger partial charge in [0, 0.05) is 6.92 Å². The molecule has 0 aliphatic carbocycles. The zero-order chi connectivity index (χ0) is 12.3. The average Bonchev–Trinajstić information content (AvgIpc) is 2.67. The van der Waals surface area contributed by atoms with E-state index in [-0.39, 0.29) is 6.42 Å². The molecule has 1 N–H and O–H groups in total. The molecule has 0 spiro atoms. The van der Waals surface area contributed by atoms with Crippen molar-refractivity contribution in [3.8, 4) is 11.5 Å². The van der Waals surface area contributed by atoms with Crippen molar-refractivity contribution >= 4 is 5.97 Å². The Kier molecular flexibility index (Phi) is 3.09. The van der Waals surface area contributed by atoms with Crippen LogP contribution in [0.25, 0.3) is 0 Å². The van der Waals surface area contributed by atoms with E-state index in [9.17, 15) is 4.79 Å². The lowest BCUT2D eigenvalue weighted by atomic mass is 10.1. The molecule has 0 fully saturated rings. The minimum atomic E-state index is -0.853. The van der Waals surface area contributed by atoms with Crippen LogP contribution in [0.5, 0.6) is 11.5 Å². The van der Waals surface area contributed by atoms with Crippen LogP contribution in [-0.4, -0.2) is 16.2 Å². The Morgan fingerprint density at radius 1 is 1.41 bits per heavy atom. The number of benzene rings is 1. The molecular formula is C12H11NO4. The summed E-state index contributed by atoms with van der Waals surface area (Å²) >= 11 is 0. The van der Waals surface area contributed by atoms with E-state index < -0.39 is 5.97 Å². The predicted octanol–water partition coefficient (Wildman–Crippen LogP) is 2.40. The lowest BCUT2D eigenvalue weighted by Crippen LogP contribution is -1.99. The number of hydrogen-bond acceptors (Lipinski definition) is 4. The number of aryl methyl sites for hydroxylation is 1. The molecule has 2 aromatic rings. The summed E-state index contributed by atoms with van der Waals surface area (Å²) in [5, 5.41) is 12.2. The summed E-state index contributed by atoms with van der Waals surface area (Å²) in [5.74, 6) is 0.912. The summed E-state index contributed by atoms with van der Waals surface area (Å²) < 4.78 is 10.4. The molecule has 2 rings (SSSR count). The Morgan fingerprint density at radius 3 is 2.65 bits per heavy atom. The van der Waals surface area contributed by atoms with E-state index in [2.05, 4.69) is 5.16 Å². The average molecular weight is 233 g/mol. The molecule has 5 nitrogen and oxygen atoms in total. The van der Waals surface area contributed by atoms with Gasteiger partial charge in [0.1, 0.15) is 11.9 Å². The largest absolute Gasteiger partial charge is 0.481 e. The fourth-order valence-corrected chi connectivity index (χ4v) is 1.36. The number of carbonyl (C=O) groups is 1. The van der Waals surface area contributed by atoms with Crippen LogP contribution in [-0.2, 0) is 11.2 Å². The fourth-order valence-electron chi connectivity index (χ4n) is 1.36. The van der Waals surface area contributed by atoms with Gasteiger partial charge in [0.2, 0.25) is 0 Å². The molecule has 1 aromatic carbocycles. The van der Waals surface area contributed by atoms with Crippen LogP contribution in [0.3, 0.4) is 0 Å². The fraction of sp³-hybridized carbons (Fsp3) is 0.167. The minimum Gasteiger partial charge on any atom is -0.481 e. The molecule has 0 amide bonds. The van der Waals surface area contributed by atoms with Crippen molar-refractivity contribution < 1.29 is 19.2 Å². The second kappa shape index (κ2) is 4.69. The Morgan fingerprint density at radius 2 is 2.12 bits per heavy atom. The van der Waals surface area contributed by atoms with Gasteiger partial charge in [0.25, 0.3) is 0 Å². The molecule has 0 aliphatic heterocycles. The standard InChI is InChI=1S/C12H11NO4/c1-8-11(7-13-17-8)16-10-4-2-9(3-5-10)6-12(14)15/h2-5,7H,6H2,1H3,(H,14,15). The Bertz CT molecular complexity index is 516. The van der Waals surface area contributed by atoms with Crippen LogP contribution in [0.1, 0.15) is 11.3 Å². The number of aromatic nitrogens is 1. The predicted molar refractivity (Wildman–Crippen MR) is 59.1 cm³/mol. The van der Waals surface area contributed by atoms with Crippen molar-refractivity contribution in [2.45, 2.75) is 13.3 Å². The number of nitrogens with zero attached hydrogens (tertiary/aromatic N) is 1. The van der Waals surface area contributed by atoms with Gasteiger partial charge in [-0.2, -0.15) is 0 Å². The monoisotopic (exact) mass is 233 g/mol. The summed E-state index contributed by atoms with van der Waals surface area (Å²) in [4.78, 5) is 10.5. The highest BCUT2D eigenvalue weighted by molar-refractivity contribution is 5.70. The molecule has 0 atom stereocenters. The van der Waals surface area contributed by atoms with Crippen LogP contribution >= 0.6 is 0 Å². The van der Waals surface area contributed by atoms with Gasteiger partial charge in [-0.3, -0.25) is 4.79 Å². The third-order valence-electron chi connectivity index (χ3n) is 2.21. The molecule has 1 aromatic heterocycles. The first-order chi connectivity index (χ1) is 8.15. The molecule has 5 heteroatoms. The molecule has 0 unspecified atom stereocenters. The second-order valence-electron chi connectivity index (χ2n) is 3.56. The zero-order valence-corrected chi connectivity index (χ0v) is 9.21. The molecule has 0 saturated heterocycles. The third kappa shape index (κ3) is 2.84. The first kappa shape index (κ1) is 11.2. The highest BCUT2D eigenvalue weighted by atomic mass is 16.5. The molecule has 0 radical (unpaired) electrons. The molecule has 88 valence electrons. The highest BCUT2D eigenvalue weighted by Gasteiger charge is 2.06. The minimum absolute atomic E-state index is 0.00652. The van der Waals surface area contributed by atoms with Gasteiger partial charge in [-0.05, 0) is 17.7 Å². The lowest BCUT2D eigenvalue weighted by Gasteiger charge is -2.03. The lowest BCUT2D eigenvalue weighted by molar-refractivity contribution is -0.136. The zero-order valence-electron chi connectivity index (χ0n) is 9.21. The van der Waals surface area contributed by atoms with Gasteiger partial charge >= 0.3 is 5.97 Å². The Balaban J connectivity index is 2.08. The summed E-state index contributed by atoms with van der Waals surface area (Å²) in [6.45, 7) is 1.75. The molecule has 1 heterocycles. The van der Waals surface area contributed by atoms with E-state index in [1.807, 2.05) is 0 Å². The van der Waals surface area contributed by atoms with Crippen molar-refractivity contribution in [2.24, 2.45) is 0 Å². The van der Waals surface area contributed by atoms with Gasteiger partial charge in [0.05, 0.1) is 6.42 Å². The summed E-state index contributed by atoms with van der Waals surface area (Å²) in [5.41, 5.74) is 0.729. The number of hydrogen-bond donors (Lipinski definition) is 1. The van der Waals surface area contributed by atoms with Gasteiger partial charge in [-0.25, -0.2) is 0 Å². The van der Waals surface area contributed by atoms with E-state index >= 15 is 0 Å². The second-order valence-corrected chi connectivity index (χ2v) is 3.56. The molecule has 0 saturated carbocycles. The number of carboxylic acid groups (broad SMARTS) is 1. The van der Waals surface area contributed by atoms with Gasteiger partial charge in [-0.1, -0.05) is 17.3 Å². The van der Waals surface area contributed by atoms with Gasteiger partial charge in [0.15, 0.2) is 11.5 Å². The maximum absolute atomic E-state index is 10.5. The number of aliphatic carboxylic acids is 1. The molecule has 0 bridgehead atoms. The SMILES string of the molecule is Cc1oncc1Oc1ccc(CC(=O)O)cc1. The van der Waals surface area contributed by atoms with Crippen LogP contribution in [0.2, 0.25) is 0 Å². The normalized spacial score (nSPS) is 10.2. The number of rotatable bonds is 4. The maximum atomic E-state index is 10.5. The molecular weight excluding hydrogens is 222 g/mol. The van der Waals surface area contributed by atoms with Crippen LogP contribution in [0, 0.1) is 6.92 Å². The van der Waals surface area contributed by atoms with E-state index in [0.29, 0.717) is 17.3 Å². The Labute approximate surface area is 97.6 Å². The van der Waals surface area contributed by atoms with Gasteiger partial charge in [-0.15, -0.1) is 0 Å². The Hall–Kier alpha value is -2.30. The third-order valence-corrected chi connectivity index (χ3v) is 2.21. The molecule has 17 heavy (non-hydrogen) atoms. The first-order valence-corrected chi connectivity index (χ1v) is 5.05. The van der Waals surface area contributed by atoms with Crippen molar-refractivity contribution in [1.29, 1.82) is 0 Å². The quantitative estimate of drug-likeness (QED) is 0.877. The molecule has 0 aliphatic rings. The van der Waals surface area contributed by atoms with E-state index in [1.165, 1.54) is 6.20 Å². The maximum Gasteiger partial charge on any atom is 0.307 e. The topological polar surface area (TPSA) is 72.6 Å². The van der Waals surface area contributed by atoms with E-state index in [0.717, 1.165) is 5.56 Å². The summed E-state index contributed by atoms with van der Waals surface area (Å²) in [6.07, 6.45) is 1.49. The first-order valence-electron chi connectivity index (χ1n) is 5.05. The highest BCUT2D eigenvalue weighted by Crippen LogP contribution is 2.24. The van der Waals surface area contributed by atoms with Crippen molar-refractivity contribution in [3.05, 3.63) is 41.8 Å². The number of ether oxygens (including phenoxy) is 1. The smallest absolute Gasteiger partial charge is 0.307 e. The van der Waals surface area contributed by atoms with Crippen LogP contribution in [0.15, 0.2) is 35.0 Å². The summed E-state index contributed by atoms with van der Waals surface area (Å²) in [6, 6.07) is 6.86. The van der Waals surface area contributed by atoms with Crippen molar-refractivity contribution in [3.63, 3.8) is 0 Å². The van der Waals surface area contributed by atoms with Gasteiger partial charge < -0.3 is 14.4 Å². The number of carboxylic acids is 1. The summed E-state index contributed by atoms with van der Waals surface area (Å²) in [7, 11) is 0. The van der Waals surface area contributed by atoms with Crippen molar-refractivity contribution in [2.75, 3.05) is 0 Å². The van der Waals surface area contributed by atoms with Crippen LogP contribution < -0.4 is 4.74 Å². The van der Waals surface area contributed by atoms with Crippen molar-refractivity contribution in [1.82, 2.24) is 5.16 Å².